The van der Waals surface area contributed by atoms with E-state index in [1.807, 2.05) is 0 Å². The van der Waals surface area contributed by atoms with Gasteiger partial charge in [-0.15, -0.1) is 0 Å². The molecule has 0 aliphatic carbocycles. The van der Waals surface area contributed by atoms with E-state index >= 15 is 0 Å². The first kappa shape index (κ1) is 11.0. The monoisotopic (exact) mass is 230 g/mol. The predicted octanol–water partition coefficient (Wildman–Crippen LogP) is 0.216. The Morgan fingerprint density at radius 3 is 2.81 bits per heavy atom. The second-order valence-corrected chi connectivity index (χ2v) is 3.66. The Bertz CT molecular complexity index is 401. The number of aliphatic hydroxyl groups is 1. The molecule has 7 heteroatoms. The van der Waals surface area contributed by atoms with Crippen LogP contribution in [-0.4, -0.2) is 29.3 Å². The molecule has 1 aromatic heterocycles. The molecule has 88 valence electrons. The van der Waals surface area contributed by atoms with Gasteiger partial charge in [0.2, 0.25) is 0 Å². The van der Waals surface area contributed by atoms with Crippen LogP contribution in [0.2, 0.25) is 0 Å². The van der Waals surface area contributed by atoms with Gasteiger partial charge in [-0.05, 0) is 6.42 Å². The van der Waals surface area contributed by atoms with Gasteiger partial charge >= 0.3 is 0 Å². The minimum atomic E-state index is -0.844. The molecule has 1 atom stereocenters. The Hall–Kier alpha value is -1.47. The third kappa shape index (κ3) is 1.91. The van der Waals surface area contributed by atoms with Crippen LogP contribution in [0.15, 0.2) is 6.07 Å². The highest BCUT2D eigenvalue weighted by atomic mass is 19.1. The SMILES string of the molecule is NNc1nc(N2CCC(O)C2)c(F)cc1F. The van der Waals surface area contributed by atoms with Crippen LogP contribution in [0.5, 0.6) is 0 Å². The molecule has 1 unspecified atom stereocenters. The molecule has 0 spiro atoms. The summed E-state index contributed by atoms with van der Waals surface area (Å²) in [5.41, 5.74) is 2.06. The molecule has 0 aromatic carbocycles. The van der Waals surface area contributed by atoms with Crippen LogP contribution in [0, 0.1) is 11.6 Å². The van der Waals surface area contributed by atoms with Crippen molar-refractivity contribution in [1.82, 2.24) is 4.98 Å². The Kier molecular flexibility index (Phi) is 2.88. The summed E-state index contributed by atoms with van der Waals surface area (Å²) in [7, 11) is 0. The smallest absolute Gasteiger partial charge is 0.178 e. The Morgan fingerprint density at radius 1 is 1.50 bits per heavy atom. The highest BCUT2D eigenvalue weighted by Gasteiger charge is 2.25. The molecule has 5 nitrogen and oxygen atoms in total. The number of hydrogen-bond donors (Lipinski definition) is 3. The average molecular weight is 230 g/mol. The number of hydrazine groups is 1. The van der Waals surface area contributed by atoms with Gasteiger partial charge in [0.1, 0.15) is 0 Å². The third-order valence-electron chi connectivity index (χ3n) is 2.51. The number of aromatic nitrogens is 1. The molecule has 0 radical (unpaired) electrons. The first-order valence-electron chi connectivity index (χ1n) is 4.87. The maximum Gasteiger partial charge on any atom is 0.178 e. The predicted molar refractivity (Wildman–Crippen MR) is 54.8 cm³/mol. The van der Waals surface area contributed by atoms with Crippen LogP contribution >= 0.6 is 0 Å². The summed E-state index contributed by atoms with van der Waals surface area (Å²) in [4.78, 5) is 5.29. The first-order valence-corrected chi connectivity index (χ1v) is 4.87. The maximum atomic E-state index is 13.5. The zero-order chi connectivity index (χ0) is 11.7. The standard InChI is InChI=1S/C9H12F2N4O/c10-6-3-7(11)9(13-8(6)14-12)15-2-1-5(16)4-15/h3,5,16H,1-2,4,12H2,(H,13,14). The summed E-state index contributed by atoms with van der Waals surface area (Å²) >= 11 is 0. The van der Waals surface area contributed by atoms with Crippen molar-refractivity contribution in [3.8, 4) is 0 Å². The van der Waals surface area contributed by atoms with Gasteiger partial charge < -0.3 is 15.4 Å². The summed E-state index contributed by atoms with van der Waals surface area (Å²) in [6, 6.07) is 0.724. The second kappa shape index (κ2) is 4.18. The first-order chi connectivity index (χ1) is 7.61. The zero-order valence-corrected chi connectivity index (χ0v) is 8.45. The van der Waals surface area contributed by atoms with Crippen molar-refractivity contribution in [3.05, 3.63) is 17.7 Å². The molecular formula is C9H12F2N4O. The minimum absolute atomic E-state index is 0.00546. The summed E-state index contributed by atoms with van der Waals surface area (Å²) in [5.74, 6) is 3.25. The van der Waals surface area contributed by atoms with Gasteiger partial charge in [-0.3, -0.25) is 0 Å². The highest BCUT2D eigenvalue weighted by molar-refractivity contribution is 5.49. The summed E-state index contributed by atoms with van der Waals surface area (Å²) < 4.78 is 26.5. The van der Waals surface area contributed by atoms with Gasteiger partial charge in [0.15, 0.2) is 23.3 Å². The lowest BCUT2D eigenvalue weighted by atomic mass is 10.3. The number of aliphatic hydroxyl groups excluding tert-OH is 1. The molecule has 1 aromatic rings. The van der Waals surface area contributed by atoms with Gasteiger partial charge in [0.25, 0.3) is 0 Å². The Labute approximate surface area is 90.9 Å². The van der Waals surface area contributed by atoms with E-state index in [1.165, 1.54) is 0 Å². The molecule has 0 amide bonds. The van der Waals surface area contributed by atoms with Gasteiger partial charge in [-0.2, -0.15) is 0 Å². The van der Waals surface area contributed by atoms with E-state index in [0.29, 0.717) is 19.5 Å². The molecule has 1 saturated heterocycles. The zero-order valence-electron chi connectivity index (χ0n) is 8.45. The van der Waals surface area contributed by atoms with Crippen molar-refractivity contribution in [2.24, 2.45) is 5.84 Å². The van der Waals surface area contributed by atoms with Crippen LogP contribution in [0.25, 0.3) is 0 Å². The van der Waals surface area contributed by atoms with Crippen LogP contribution in [0.1, 0.15) is 6.42 Å². The fourth-order valence-corrected chi connectivity index (χ4v) is 1.71. The molecule has 1 aliphatic heterocycles. The molecule has 2 heterocycles. The van der Waals surface area contributed by atoms with Crippen molar-refractivity contribution in [3.63, 3.8) is 0 Å². The Morgan fingerprint density at radius 2 is 2.25 bits per heavy atom. The van der Waals surface area contributed by atoms with Crippen molar-refractivity contribution in [2.45, 2.75) is 12.5 Å². The molecule has 0 saturated carbocycles. The number of β-amino-alcohol motifs (C(OH)–C–C–N with tert-alkyl or cyclic N) is 1. The lowest BCUT2D eigenvalue weighted by Crippen LogP contribution is -2.24. The van der Waals surface area contributed by atoms with Crippen molar-refractivity contribution >= 4 is 11.6 Å². The normalized spacial score (nSPS) is 20.2. The van der Waals surface area contributed by atoms with Crippen LogP contribution in [0.4, 0.5) is 20.4 Å². The third-order valence-corrected chi connectivity index (χ3v) is 2.51. The fraction of sp³-hybridized carbons (Fsp3) is 0.444. The van der Waals surface area contributed by atoms with Crippen molar-refractivity contribution in [1.29, 1.82) is 0 Å². The topological polar surface area (TPSA) is 74.4 Å². The number of hydrogen-bond acceptors (Lipinski definition) is 5. The maximum absolute atomic E-state index is 13.5. The summed E-state index contributed by atoms with van der Waals surface area (Å²) in [5, 5.41) is 9.33. The van der Waals surface area contributed by atoms with Crippen LogP contribution < -0.4 is 16.2 Å². The fourth-order valence-electron chi connectivity index (χ4n) is 1.71. The van der Waals surface area contributed by atoms with E-state index in [9.17, 15) is 13.9 Å². The number of pyridine rings is 1. The molecule has 0 bridgehead atoms. The molecule has 16 heavy (non-hydrogen) atoms. The van der Waals surface area contributed by atoms with E-state index in [1.54, 1.807) is 4.90 Å². The number of halogens is 2. The lowest BCUT2D eigenvalue weighted by molar-refractivity contribution is 0.198. The van der Waals surface area contributed by atoms with E-state index < -0.39 is 17.7 Å². The van der Waals surface area contributed by atoms with Gasteiger partial charge in [-0.25, -0.2) is 19.6 Å². The van der Waals surface area contributed by atoms with Crippen LogP contribution in [-0.2, 0) is 0 Å². The Balaban J connectivity index is 2.33. The van der Waals surface area contributed by atoms with Crippen molar-refractivity contribution < 1.29 is 13.9 Å². The number of anilines is 2. The van der Waals surface area contributed by atoms with Crippen LogP contribution in [0.3, 0.4) is 0 Å². The second-order valence-electron chi connectivity index (χ2n) is 3.66. The van der Waals surface area contributed by atoms with E-state index in [2.05, 4.69) is 10.4 Å². The minimum Gasteiger partial charge on any atom is -0.391 e. The number of nitrogens with zero attached hydrogens (tertiary/aromatic N) is 2. The molecule has 1 aliphatic rings. The number of nitrogen functional groups attached to an aromatic ring is 1. The van der Waals surface area contributed by atoms with Crippen molar-refractivity contribution in [2.75, 3.05) is 23.4 Å². The summed E-state index contributed by atoms with van der Waals surface area (Å²) in [6.45, 7) is 0.778. The highest BCUT2D eigenvalue weighted by Crippen LogP contribution is 2.24. The molecule has 1 fully saturated rings. The van der Waals surface area contributed by atoms with Gasteiger partial charge in [0.05, 0.1) is 6.10 Å². The lowest BCUT2D eigenvalue weighted by Gasteiger charge is -2.18. The van der Waals surface area contributed by atoms with E-state index in [0.717, 1.165) is 6.07 Å². The number of rotatable bonds is 2. The molecule has 4 N–H and O–H groups in total. The number of nitrogens with two attached hydrogens (primary N) is 1. The van der Waals surface area contributed by atoms with Gasteiger partial charge in [0, 0.05) is 19.2 Å². The quantitative estimate of drug-likeness (QED) is 0.500. The van der Waals surface area contributed by atoms with E-state index in [4.69, 9.17) is 5.84 Å². The number of nitrogens with one attached hydrogen (secondary N) is 1. The molecule has 2 rings (SSSR count). The average Bonchev–Trinajstić information content (AvgIpc) is 2.65. The molecular weight excluding hydrogens is 218 g/mol. The van der Waals surface area contributed by atoms with Gasteiger partial charge in [-0.1, -0.05) is 0 Å². The largest absolute Gasteiger partial charge is 0.391 e. The van der Waals surface area contributed by atoms with E-state index in [-0.39, 0.29) is 11.6 Å². The summed E-state index contributed by atoms with van der Waals surface area (Å²) in [6.07, 6.45) is 0.0460.